The van der Waals surface area contributed by atoms with Crippen molar-refractivity contribution in [3.05, 3.63) is 382 Å². The summed E-state index contributed by atoms with van der Waals surface area (Å²) in [6, 6.07) is 112. The van der Waals surface area contributed by atoms with Crippen LogP contribution in [-0.2, 0) is 33.5 Å². The predicted molar refractivity (Wildman–Crippen MR) is 440 cm³/mol. The number of halogens is 1. The first-order valence-electron chi connectivity index (χ1n) is 36.8. The number of hydrogen-bond donors (Lipinski definition) is 1. The van der Waals surface area contributed by atoms with Gasteiger partial charge in [-0.2, -0.15) is 0 Å². The van der Waals surface area contributed by atoms with Crippen LogP contribution in [0.3, 0.4) is 0 Å². The molecule has 3 heterocycles. The van der Waals surface area contributed by atoms with Crippen molar-refractivity contribution >= 4 is 45.6 Å². The Bertz CT molecular complexity index is 4910. The average Bonchev–Trinajstić information content (AvgIpc) is 1.66. The summed E-state index contributed by atoms with van der Waals surface area (Å²) in [5, 5.41) is 28.6. The summed E-state index contributed by atoms with van der Waals surface area (Å²) in [5.41, 5.74) is 23.4. The number of hydrogen-bond acceptors (Lipinski definition) is 11. The van der Waals surface area contributed by atoms with Crippen molar-refractivity contribution in [2.75, 3.05) is 41.8 Å². The lowest BCUT2D eigenvalue weighted by molar-refractivity contribution is 0.0343. The summed E-state index contributed by atoms with van der Waals surface area (Å²) >= 11 is 3.61. The smallest absolute Gasteiger partial charge is 0.407 e. The molecular formula is C92H91BBrN11O2. The number of tetrazole rings is 2. The molecule has 13 nitrogen and oxygen atoms in total. The second-order valence-corrected chi connectivity index (χ2v) is 29.8. The average molecular weight is 1470 g/mol. The van der Waals surface area contributed by atoms with Crippen LogP contribution in [0.5, 0.6) is 0 Å². The van der Waals surface area contributed by atoms with E-state index in [0.29, 0.717) is 23.5 Å². The summed E-state index contributed by atoms with van der Waals surface area (Å²) in [5.74, 6) is 2.18. The minimum absolute atomic E-state index is 0.0925. The second kappa shape index (κ2) is 34.3. The number of rotatable bonds is 22. The lowest BCUT2D eigenvalue weighted by Crippen LogP contribution is -2.47. The van der Waals surface area contributed by atoms with E-state index < -0.39 is 11.1 Å². The molecule has 2 aromatic heterocycles. The minimum Gasteiger partial charge on any atom is -0.407 e. The van der Waals surface area contributed by atoms with Crippen molar-refractivity contribution in [3.63, 3.8) is 0 Å². The molecule has 0 saturated carbocycles. The van der Waals surface area contributed by atoms with E-state index in [1.807, 2.05) is 109 Å². The number of aromatic nitrogens is 8. The number of nitrogens with two attached hydrogens (primary N) is 1. The number of nitrogen functional groups attached to an aromatic ring is 1. The highest BCUT2D eigenvalue weighted by atomic mass is 79.9. The van der Waals surface area contributed by atoms with Crippen molar-refractivity contribution < 1.29 is 9.31 Å². The molecule has 107 heavy (non-hydrogen) atoms. The fourth-order valence-electron chi connectivity index (χ4n) is 14.3. The molecule has 0 atom stereocenters. The molecule has 536 valence electrons. The number of nitrogens with zero attached hydrogens (tertiary/aromatic N) is 10. The maximum atomic E-state index is 6.84. The fraction of sp³-hybridized carbons (Fsp3) is 0.196. The van der Waals surface area contributed by atoms with Gasteiger partial charge in [-0.1, -0.05) is 355 Å². The number of benzene rings is 12. The van der Waals surface area contributed by atoms with Crippen LogP contribution in [-0.4, -0.2) is 73.8 Å². The molecule has 1 saturated heterocycles. The maximum Gasteiger partial charge on any atom is 0.493 e. The molecule has 1 aliphatic heterocycles. The number of anilines is 3. The zero-order valence-corrected chi connectivity index (χ0v) is 63.5. The molecule has 12 aromatic carbocycles. The lowest BCUT2D eigenvalue weighted by atomic mass is 9.75. The first-order chi connectivity index (χ1) is 52.2. The van der Waals surface area contributed by atoms with Gasteiger partial charge in [0.2, 0.25) is 11.6 Å². The fourth-order valence-corrected chi connectivity index (χ4v) is 14.8. The van der Waals surface area contributed by atoms with E-state index in [4.69, 9.17) is 35.6 Å². The standard InChI is InChI=1S/C43H40N6.C26H19BrN4.C23H32BNO2/c1-32(2)30-48(31-33-17-7-3-8-18-33)41-28-27-34(29-40(41)44)38-25-15-16-26-39(38)42-45-47-49(46-42)43(35-19-9-4-10-20-35,36-21-11-5-12-22-36)37-23-13-6-14-24-37;27-24-19-11-10-18-23(24)25-28-30-31(29-25)26(20-12-4-1-5-13-20,21-14-6-2-7-15-21)22-16-8-3-9-17-22;1-18(2)14-25(15-20-9-7-6-8-10-20)22-12-11-21(13-19(22)3)24-26-16-23(4,5)17-27-24/h3-29,32H,30-31,44H2,1-2H3;1-19H;6-13,18H,14-17H2,1-5H3. The first-order valence-corrected chi connectivity index (χ1v) is 37.6. The molecule has 0 spiro atoms. The van der Waals surface area contributed by atoms with Crippen LogP contribution in [0.1, 0.15) is 91.6 Å². The van der Waals surface area contributed by atoms with Crippen molar-refractivity contribution in [2.24, 2.45) is 17.3 Å². The van der Waals surface area contributed by atoms with Crippen LogP contribution in [0, 0.1) is 24.2 Å². The monoisotopic (exact) mass is 1470 g/mol. The third-order valence-corrected chi connectivity index (χ3v) is 19.9. The third-order valence-electron chi connectivity index (χ3n) is 19.2. The van der Waals surface area contributed by atoms with E-state index in [0.717, 1.165) is 116 Å². The maximum absolute atomic E-state index is 6.84. The molecule has 14 aromatic rings. The van der Waals surface area contributed by atoms with Crippen LogP contribution >= 0.6 is 15.9 Å². The van der Waals surface area contributed by atoms with Crippen molar-refractivity contribution in [3.8, 4) is 33.9 Å². The molecule has 1 aliphatic rings. The molecule has 0 amide bonds. The summed E-state index contributed by atoms with van der Waals surface area (Å²) in [4.78, 5) is 8.35. The Balaban J connectivity index is 0.000000151. The van der Waals surface area contributed by atoms with E-state index in [1.165, 1.54) is 22.4 Å². The largest absolute Gasteiger partial charge is 0.493 e. The van der Waals surface area contributed by atoms with Crippen LogP contribution in [0.25, 0.3) is 33.9 Å². The second-order valence-electron chi connectivity index (χ2n) is 28.9. The molecule has 1 fully saturated rings. The molecule has 0 unspecified atom stereocenters. The van der Waals surface area contributed by atoms with Gasteiger partial charge in [0.05, 0.1) is 11.4 Å². The zero-order chi connectivity index (χ0) is 74.2. The van der Waals surface area contributed by atoms with Gasteiger partial charge in [-0.25, -0.2) is 0 Å². The van der Waals surface area contributed by atoms with Gasteiger partial charge in [-0.15, -0.1) is 30.0 Å². The Kier molecular flexibility index (Phi) is 23.7. The van der Waals surface area contributed by atoms with Gasteiger partial charge in [-0.3, -0.25) is 0 Å². The van der Waals surface area contributed by atoms with Gasteiger partial charge in [-0.05, 0) is 126 Å². The normalized spacial score (nSPS) is 12.7. The Hall–Kier alpha value is -11.4. The van der Waals surface area contributed by atoms with Gasteiger partial charge in [0.15, 0.2) is 11.1 Å². The SMILES string of the molecule is Brc1ccccc1-c1nnn(C(c2ccccc2)(c2ccccc2)c2ccccc2)n1.CC(C)CN(Cc1ccccc1)c1ccc(-c2ccccc2-c2nnn(C(c3ccccc3)(c3ccccc3)c3ccccc3)n2)cc1N.Cc1cc(B2OCC(C)(C)CO2)ccc1N(Cc1ccccc1)CC(C)C. The van der Waals surface area contributed by atoms with Crippen molar-refractivity contribution in [2.45, 2.75) is 72.6 Å². The first kappa shape index (κ1) is 73.9. The lowest BCUT2D eigenvalue weighted by Gasteiger charge is -2.34. The summed E-state index contributed by atoms with van der Waals surface area (Å²) < 4.78 is 12.8. The van der Waals surface area contributed by atoms with E-state index in [1.54, 1.807) is 9.59 Å². The van der Waals surface area contributed by atoms with Gasteiger partial charge in [0.1, 0.15) is 0 Å². The highest BCUT2D eigenvalue weighted by Crippen LogP contribution is 2.43. The van der Waals surface area contributed by atoms with Crippen molar-refractivity contribution in [1.82, 2.24) is 40.4 Å². The van der Waals surface area contributed by atoms with E-state index >= 15 is 0 Å². The number of aryl methyl sites for hydroxylation is 1. The molecule has 0 bridgehead atoms. The zero-order valence-electron chi connectivity index (χ0n) is 61.9. The van der Waals surface area contributed by atoms with E-state index in [2.05, 4.69) is 303 Å². The van der Waals surface area contributed by atoms with E-state index in [9.17, 15) is 0 Å². The van der Waals surface area contributed by atoms with Crippen LogP contribution in [0.2, 0.25) is 0 Å². The summed E-state index contributed by atoms with van der Waals surface area (Å²) in [6.07, 6.45) is 0. The van der Waals surface area contributed by atoms with Crippen molar-refractivity contribution in [1.29, 1.82) is 0 Å². The predicted octanol–water partition coefficient (Wildman–Crippen LogP) is 19.5. The summed E-state index contributed by atoms with van der Waals surface area (Å²) in [6.45, 7) is 20.6. The highest BCUT2D eigenvalue weighted by Gasteiger charge is 2.43. The Morgan fingerprint density at radius 1 is 0.430 bits per heavy atom. The van der Waals surface area contributed by atoms with Gasteiger partial charge in [0, 0.05) is 66.1 Å². The van der Waals surface area contributed by atoms with Crippen LogP contribution < -0.4 is 21.0 Å². The summed E-state index contributed by atoms with van der Waals surface area (Å²) in [7, 11) is -0.251. The minimum atomic E-state index is -0.853. The molecule has 0 radical (unpaired) electrons. The van der Waals surface area contributed by atoms with E-state index in [-0.39, 0.29) is 12.5 Å². The van der Waals surface area contributed by atoms with Crippen LogP contribution in [0.15, 0.2) is 332 Å². The highest BCUT2D eigenvalue weighted by molar-refractivity contribution is 9.10. The van der Waals surface area contributed by atoms with Gasteiger partial charge in [0.25, 0.3) is 0 Å². The molecule has 2 N–H and O–H groups in total. The quantitative estimate of drug-likeness (QED) is 0.0394. The topological polar surface area (TPSA) is 138 Å². The third kappa shape index (κ3) is 17.0. The van der Waals surface area contributed by atoms with Gasteiger partial charge >= 0.3 is 7.12 Å². The Morgan fingerprint density at radius 3 is 1.16 bits per heavy atom. The molecule has 15 heteroatoms. The van der Waals surface area contributed by atoms with Gasteiger partial charge < -0.3 is 24.8 Å². The molecule has 15 rings (SSSR count). The van der Waals surface area contributed by atoms with Crippen LogP contribution in [0.4, 0.5) is 17.1 Å². The molecule has 0 aliphatic carbocycles. The Labute approximate surface area is 639 Å². The Morgan fingerprint density at radius 2 is 0.776 bits per heavy atom. The molecular weight excluding hydrogens is 1380 g/mol.